The third kappa shape index (κ3) is 5.18. The molecule has 0 radical (unpaired) electrons. The Morgan fingerprint density at radius 2 is 1.97 bits per heavy atom. The molecule has 1 N–H and O–H groups in total. The number of alkyl halides is 3. The van der Waals surface area contributed by atoms with Crippen LogP contribution >= 0.6 is 23.1 Å². The van der Waals surface area contributed by atoms with Crippen molar-refractivity contribution in [3.05, 3.63) is 69.7 Å². The van der Waals surface area contributed by atoms with Crippen LogP contribution in [0.2, 0.25) is 0 Å². The Morgan fingerprint density at radius 1 is 1.22 bits per heavy atom. The summed E-state index contributed by atoms with van der Waals surface area (Å²) in [5.74, 6) is 0.414. The van der Waals surface area contributed by atoms with E-state index in [0.29, 0.717) is 12.3 Å². The van der Waals surface area contributed by atoms with Gasteiger partial charge < -0.3 is 5.11 Å². The molecular formula is C24H22F3NO2S2. The molecule has 0 unspecified atom stereocenters. The summed E-state index contributed by atoms with van der Waals surface area (Å²) >= 11 is 3.34. The zero-order valence-electron chi connectivity index (χ0n) is 17.4. The Balaban J connectivity index is 1.41. The van der Waals surface area contributed by atoms with Gasteiger partial charge in [-0.05, 0) is 61.6 Å². The number of aryl methyl sites for hydroxylation is 3. The summed E-state index contributed by atoms with van der Waals surface area (Å²) < 4.78 is 38.4. The Kier molecular flexibility index (Phi) is 6.62. The van der Waals surface area contributed by atoms with E-state index in [2.05, 4.69) is 6.07 Å². The predicted molar refractivity (Wildman–Crippen MR) is 121 cm³/mol. The number of hydrogen-bond donors (Lipinski definition) is 1. The first-order valence-electron chi connectivity index (χ1n) is 10.3. The first-order valence-corrected chi connectivity index (χ1v) is 12.1. The number of thioether (sulfide) groups is 1. The number of aliphatic carboxylic acids is 1. The Morgan fingerprint density at radius 3 is 2.62 bits per heavy atom. The fourth-order valence-corrected chi connectivity index (χ4v) is 6.18. The molecule has 0 spiro atoms. The van der Waals surface area contributed by atoms with E-state index in [9.17, 15) is 18.0 Å². The van der Waals surface area contributed by atoms with Gasteiger partial charge in [0.2, 0.25) is 0 Å². The van der Waals surface area contributed by atoms with E-state index in [1.165, 1.54) is 17.0 Å². The largest absolute Gasteiger partial charge is 0.481 e. The average Bonchev–Trinajstić information content (AvgIpc) is 3.32. The van der Waals surface area contributed by atoms with Crippen molar-refractivity contribution in [2.24, 2.45) is 0 Å². The van der Waals surface area contributed by atoms with E-state index < -0.39 is 17.7 Å². The highest BCUT2D eigenvalue weighted by Gasteiger charge is 2.31. The number of fused-ring (bicyclic) bond motifs is 1. The first-order chi connectivity index (χ1) is 15.2. The maximum Gasteiger partial charge on any atom is 0.416 e. The van der Waals surface area contributed by atoms with Crippen LogP contribution in [0.5, 0.6) is 0 Å². The standard InChI is InChI=1S/C24H22F3NO2S2/c1-14-12-19(9-4-15(14)6-11-21(29)30)31-13-17-5-10-20-22(17)28-23(32-20)16-2-7-18(8-3-16)24(25,26)27/h2-4,7-9,12,17H,5-6,10-11,13H2,1H3,(H,29,30)/t17-/m0/s1. The van der Waals surface area contributed by atoms with Crippen molar-refractivity contribution in [2.45, 2.75) is 49.6 Å². The molecule has 1 aliphatic rings. The smallest absolute Gasteiger partial charge is 0.416 e. The van der Waals surface area contributed by atoms with E-state index in [1.807, 2.05) is 19.1 Å². The number of carboxylic acid groups (broad SMARTS) is 1. The topological polar surface area (TPSA) is 50.2 Å². The molecule has 0 amide bonds. The summed E-state index contributed by atoms with van der Waals surface area (Å²) in [6.07, 6.45) is -1.69. The molecule has 1 atom stereocenters. The number of thiazole rings is 1. The van der Waals surface area contributed by atoms with Crippen molar-refractivity contribution >= 4 is 29.1 Å². The third-order valence-corrected chi connectivity index (χ3v) is 8.00. The molecule has 168 valence electrons. The van der Waals surface area contributed by atoms with Crippen LogP contribution in [0.4, 0.5) is 13.2 Å². The molecule has 0 bridgehead atoms. The predicted octanol–water partition coefficient (Wildman–Crippen LogP) is 6.98. The van der Waals surface area contributed by atoms with Gasteiger partial charge in [0, 0.05) is 33.4 Å². The van der Waals surface area contributed by atoms with Crippen LogP contribution in [-0.4, -0.2) is 21.8 Å². The quantitative estimate of drug-likeness (QED) is 0.373. The minimum absolute atomic E-state index is 0.128. The van der Waals surface area contributed by atoms with Gasteiger partial charge in [-0.3, -0.25) is 4.79 Å². The van der Waals surface area contributed by atoms with Crippen molar-refractivity contribution in [1.29, 1.82) is 0 Å². The number of nitrogens with zero attached hydrogens (tertiary/aromatic N) is 1. The molecule has 8 heteroatoms. The minimum Gasteiger partial charge on any atom is -0.481 e. The van der Waals surface area contributed by atoms with Gasteiger partial charge >= 0.3 is 12.1 Å². The van der Waals surface area contributed by atoms with Gasteiger partial charge in [0.25, 0.3) is 0 Å². The summed E-state index contributed by atoms with van der Waals surface area (Å²) in [5, 5.41) is 9.65. The number of halogens is 3. The van der Waals surface area contributed by atoms with Crippen LogP contribution in [0.25, 0.3) is 10.6 Å². The molecule has 0 fully saturated rings. The number of aromatic nitrogens is 1. The number of benzene rings is 2. The molecule has 0 saturated heterocycles. The van der Waals surface area contributed by atoms with Gasteiger partial charge in [0.15, 0.2) is 0 Å². The molecule has 2 aromatic carbocycles. The normalized spacial score (nSPS) is 15.7. The van der Waals surface area contributed by atoms with Gasteiger partial charge in [-0.25, -0.2) is 4.98 Å². The van der Waals surface area contributed by atoms with Crippen LogP contribution < -0.4 is 0 Å². The second kappa shape index (κ2) is 9.27. The second-order valence-electron chi connectivity index (χ2n) is 7.93. The summed E-state index contributed by atoms with van der Waals surface area (Å²) in [4.78, 5) is 18.0. The molecule has 1 aliphatic carbocycles. The zero-order valence-corrected chi connectivity index (χ0v) is 19.0. The molecule has 4 rings (SSSR count). The number of carboxylic acids is 1. The van der Waals surface area contributed by atoms with E-state index >= 15 is 0 Å². The van der Waals surface area contributed by atoms with Crippen molar-refractivity contribution in [3.63, 3.8) is 0 Å². The Bertz CT molecular complexity index is 1120. The highest BCUT2D eigenvalue weighted by atomic mass is 32.2. The first kappa shape index (κ1) is 22.9. The van der Waals surface area contributed by atoms with Crippen LogP contribution in [0.15, 0.2) is 47.4 Å². The summed E-state index contributed by atoms with van der Waals surface area (Å²) in [5.41, 5.74) is 3.30. The monoisotopic (exact) mass is 477 g/mol. The van der Waals surface area contributed by atoms with Crippen LogP contribution in [0, 0.1) is 6.92 Å². The van der Waals surface area contributed by atoms with Gasteiger partial charge in [-0.1, -0.05) is 18.2 Å². The van der Waals surface area contributed by atoms with Crippen molar-refractivity contribution in [2.75, 3.05) is 5.75 Å². The molecule has 3 nitrogen and oxygen atoms in total. The van der Waals surface area contributed by atoms with Crippen molar-refractivity contribution in [3.8, 4) is 10.6 Å². The third-order valence-electron chi connectivity index (χ3n) is 5.67. The van der Waals surface area contributed by atoms with E-state index in [-0.39, 0.29) is 6.42 Å². The van der Waals surface area contributed by atoms with Gasteiger partial charge in [-0.2, -0.15) is 13.2 Å². The zero-order chi connectivity index (χ0) is 22.9. The van der Waals surface area contributed by atoms with Crippen LogP contribution in [0.3, 0.4) is 0 Å². The Hall–Kier alpha value is -2.32. The highest BCUT2D eigenvalue weighted by Crippen LogP contribution is 2.42. The number of hydrogen-bond acceptors (Lipinski definition) is 4. The summed E-state index contributed by atoms with van der Waals surface area (Å²) in [7, 11) is 0. The maximum atomic E-state index is 12.8. The molecular weight excluding hydrogens is 455 g/mol. The lowest BCUT2D eigenvalue weighted by molar-refractivity contribution is -0.138. The molecule has 1 heterocycles. The van der Waals surface area contributed by atoms with Crippen molar-refractivity contribution < 1.29 is 23.1 Å². The fraction of sp³-hybridized carbons (Fsp3) is 0.333. The summed E-state index contributed by atoms with van der Waals surface area (Å²) in [6, 6.07) is 11.4. The molecule has 32 heavy (non-hydrogen) atoms. The van der Waals surface area contributed by atoms with Crippen molar-refractivity contribution in [1.82, 2.24) is 4.98 Å². The number of rotatable bonds is 7. The van der Waals surface area contributed by atoms with Gasteiger partial charge in [0.1, 0.15) is 5.01 Å². The summed E-state index contributed by atoms with van der Waals surface area (Å²) in [6.45, 7) is 2.01. The van der Waals surface area contributed by atoms with Gasteiger partial charge in [0.05, 0.1) is 11.3 Å². The van der Waals surface area contributed by atoms with Gasteiger partial charge in [-0.15, -0.1) is 23.1 Å². The maximum absolute atomic E-state index is 12.8. The molecule has 1 aromatic heterocycles. The van der Waals surface area contributed by atoms with E-state index in [0.717, 1.165) is 63.0 Å². The minimum atomic E-state index is -4.34. The lowest BCUT2D eigenvalue weighted by Crippen LogP contribution is -2.04. The SMILES string of the molecule is Cc1cc(SC[C@@H]2CCc3sc(-c4ccc(C(F)(F)F)cc4)nc32)ccc1CCC(=O)O. The number of carbonyl (C=O) groups is 1. The lowest BCUT2D eigenvalue weighted by atomic mass is 10.0. The molecule has 0 aliphatic heterocycles. The average molecular weight is 478 g/mol. The lowest BCUT2D eigenvalue weighted by Gasteiger charge is -2.11. The Labute approximate surface area is 192 Å². The van der Waals surface area contributed by atoms with E-state index in [4.69, 9.17) is 10.1 Å². The second-order valence-corrected chi connectivity index (χ2v) is 10.1. The fourth-order valence-electron chi connectivity index (χ4n) is 3.87. The van der Waals surface area contributed by atoms with E-state index in [1.54, 1.807) is 23.1 Å². The molecule has 3 aromatic rings. The molecule has 0 saturated carbocycles. The van der Waals surface area contributed by atoms with Crippen LogP contribution in [-0.2, 0) is 23.8 Å². The van der Waals surface area contributed by atoms with Crippen LogP contribution in [0.1, 0.15) is 46.0 Å². The highest BCUT2D eigenvalue weighted by molar-refractivity contribution is 7.99.